The average molecular weight is 1720 g/mol. The number of hydrogen-bond acceptors (Lipinski definition) is 48. The van der Waals surface area contributed by atoms with Crippen LogP contribution in [0.25, 0.3) is 44.5 Å². The van der Waals surface area contributed by atoms with Gasteiger partial charge in [0.05, 0.1) is 44.5 Å². The van der Waals surface area contributed by atoms with Crippen LogP contribution < -0.4 is 4.74 Å². The standard InChI is InChI=1S/C75H50O48/c76-19-1-11-29(47(91)39(19)83)31-13(3-21(78)41(85)49(31)93)68(105)118-60(63-62-56(100)38-37(74(111)120-62)36(54(98)57(101)55(38)99)35-16(70(107)121-63)6-24(81)44(88)52(35)96)27(9-113-66(11)103)116-73(110)18-7-25(82)45(89)58(102)59(18)115-26-8-17-34(53(97)46(26)90)30-12(2-20(77)40(84)48(30)92)67(104)114-10-28-61(119-72(17)109)64-65(75(112)117-28)123-71(108)15-5-23(80)43(87)51(95)33(15)32-14(69(106)122-64)4-22(79)42(86)50(32)94/h1-8,27-28,56,60-65,75-102,112H,9-10H2. The van der Waals surface area contributed by atoms with Crippen LogP contribution in [0.1, 0.15) is 105 Å². The fourth-order valence-corrected chi connectivity index (χ4v) is 14.5. The summed E-state index contributed by atoms with van der Waals surface area (Å²) in [5.74, 6) is -64.3. The van der Waals surface area contributed by atoms with Gasteiger partial charge in [-0.3, -0.25) is 0 Å². The second-order valence-corrected chi connectivity index (χ2v) is 27.2. The molecule has 7 heterocycles. The maximum Gasteiger partial charge on any atom is 0.342 e. The second-order valence-electron chi connectivity index (χ2n) is 27.2. The third-order valence-electron chi connectivity index (χ3n) is 20.3. The minimum absolute atomic E-state index is 0.0400. The molecule has 9 aromatic carbocycles. The quantitative estimate of drug-likeness (QED) is 0.0668. The predicted molar refractivity (Wildman–Crippen MR) is 378 cm³/mol. The van der Waals surface area contributed by atoms with Gasteiger partial charge in [-0.2, -0.15) is 0 Å². The molecule has 16 rings (SSSR count). The Morgan fingerprint density at radius 3 is 1.01 bits per heavy atom. The molecule has 0 radical (unpaired) electrons. The van der Waals surface area contributed by atoms with E-state index in [0.29, 0.717) is 12.1 Å². The zero-order chi connectivity index (χ0) is 89.4. The number of cyclic esters (lactones) is 3. The van der Waals surface area contributed by atoms with E-state index in [4.69, 9.17) is 52.1 Å². The lowest BCUT2D eigenvalue weighted by Crippen LogP contribution is -2.62. The highest BCUT2D eigenvalue weighted by Crippen LogP contribution is 2.62. The Morgan fingerprint density at radius 2 is 0.593 bits per heavy atom. The minimum atomic E-state index is -3.27. The molecule has 0 spiro atoms. The molecule has 7 aliphatic heterocycles. The number of aromatic hydroxyl groups is 26. The molecule has 48 nitrogen and oxygen atoms in total. The molecular formula is C75H50O48. The molecule has 7 aliphatic rings. The molecule has 0 saturated carbocycles. The number of carbonyl (C=O) groups is 9. The highest BCUT2D eigenvalue weighted by Gasteiger charge is 2.58. The van der Waals surface area contributed by atoms with Gasteiger partial charge < -0.3 is 195 Å². The fourth-order valence-electron chi connectivity index (χ4n) is 14.5. The van der Waals surface area contributed by atoms with Gasteiger partial charge in [0.2, 0.25) is 57.5 Å². The van der Waals surface area contributed by atoms with Gasteiger partial charge in [-0.1, -0.05) is 0 Å². The first-order valence-corrected chi connectivity index (χ1v) is 34.3. The van der Waals surface area contributed by atoms with Crippen LogP contribution in [0.3, 0.4) is 0 Å². The van der Waals surface area contributed by atoms with Crippen LogP contribution in [-0.4, -0.2) is 265 Å². The summed E-state index contributed by atoms with van der Waals surface area (Å²) in [4.78, 5) is 135. The van der Waals surface area contributed by atoms with Crippen molar-refractivity contribution in [2.75, 3.05) is 13.2 Å². The molecular weight excluding hydrogens is 1670 g/mol. The van der Waals surface area contributed by atoms with E-state index in [1.807, 2.05) is 0 Å². The Balaban J connectivity index is 0.898. The third kappa shape index (κ3) is 12.2. The number of rotatable bonds is 5. The van der Waals surface area contributed by atoms with Crippen LogP contribution >= 0.6 is 0 Å². The summed E-state index contributed by atoms with van der Waals surface area (Å²) in [5, 5.41) is 316. The Morgan fingerprint density at radius 1 is 0.285 bits per heavy atom. The van der Waals surface area contributed by atoms with Crippen LogP contribution in [0.2, 0.25) is 0 Å². The van der Waals surface area contributed by atoms with Crippen LogP contribution in [0.4, 0.5) is 0 Å². The Bertz CT molecular complexity index is 6340. The molecule has 10 atom stereocenters. The Labute approximate surface area is 673 Å². The second kappa shape index (κ2) is 28.5. The normalized spacial score (nSPS) is 20.9. The number of fused-ring (bicyclic) bond motifs is 15. The number of esters is 9. The molecule has 0 amide bonds. The predicted octanol–water partition coefficient (Wildman–Crippen LogP) is 2.40. The molecule has 1 fully saturated rings. The van der Waals surface area contributed by atoms with E-state index in [1.165, 1.54) is 0 Å². The molecule has 638 valence electrons. The van der Waals surface area contributed by atoms with Crippen molar-refractivity contribution in [3.8, 4) is 205 Å². The van der Waals surface area contributed by atoms with Gasteiger partial charge in [-0.15, -0.1) is 0 Å². The highest BCUT2D eigenvalue weighted by atomic mass is 16.7. The van der Waals surface area contributed by atoms with E-state index >= 15 is 19.2 Å². The number of ether oxygens (including phenoxy) is 11. The van der Waals surface area contributed by atoms with Crippen LogP contribution in [0, 0.1) is 0 Å². The summed E-state index contributed by atoms with van der Waals surface area (Å²) in [6.45, 7) is -3.35. The molecule has 0 aromatic heterocycles. The minimum Gasteiger partial charge on any atom is -0.504 e. The average Bonchev–Trinajstić information content (AvgIpc) is 0.720. The number of phenols is 26. The molecule has 9 aromatic rings. The van der Waals surface area contributed by atoms with Crippen LogP contribution in [0.5, 0.6) is 161 Å². The first-order chi connectivity index (χ1) is 57.9. The molecule has 48 heteroatoms. The van der Waals surface area contributed by atoms with Crippen molar-refractivity contribution in [1.82, 2.24) is 0 Å². The summed E-state index contributed by atoms with van der Waals surface area (Å²) in [6.07, 6.45) is -28.7. The van der Waals surface area contributed by atoms with Crippen molar-refractivity contribution >= 4 is 53.7 Å². The zero-order valence-electron chi connectivity index (χ0n) is 60.0. The molecule has 0 aliphatic carbocycles. The monoisotopic (exact) mass is 1720 g/mol. The van der Waals surface area contributed by atoms with E-state index in [9.17, 15) is 167 Å². The van der Waals surface area contributed by atoms with E-state index in [2.05, 4.69) is 0 Å². The largest absolute Gasteiger partial charge is 0.504 e. The Kier molecular flexibility index (Phi) is 18.7. The van der Waals surface area contributed by atoms with E-state index in [1.54, 1.807) is 0 Å². The molecule has 123 heavy (non-hydrogen) atoms. The zero-order valence-corrected chi connectivity index (χ0v) is 60.0. The summed E-state index contributed by atoms with van der Waals surface area (Å²) in [5.41, 5.74) is -24.3. The van der Waals surface area contributed by atoms with Gasteiger partial charge in [-0.05, 0) is 36.4 Å². The number of carbonyl (C=O) groups excluding carboxylic acids is 9. The van der Waals surface area contributed by atoms with Crippen molar-refractivity contribution in [3.05, 3.63) is 104 Å². The Hall–Kier alpha value is -17.3. The number of phenolic OH excluding ortho intramolecular Hbond substituents is 26. The van der Waals surface area contributed by atoms with Crippen molar-refractivity contribution < 1.29 is 238 Å². The molecule has 10 unspecified atom stereocenters. The lowest BCUT2D eigenvalue weighted by atomic mass is 9.82. The van der Waals surface area contributed by atoms with E-state index in [-0.39, 0.29) is 36.4 Å². The number of benzene rings is 9. The first kappa shape index (κ1) is 80.9. The number of hydrogen-bond donors (Lipinski definition) is 28. The summed E-state index contributed by atoms with van der Waals surface area (Å²) >= 11 is 0. The summed E-state index contributed by atoms with van der Waals surface area (Å²) in [7, 11) is 0. The first-order valence-electron chi connectivity index (χ1n) is 34.3. The van der Waals surface area contributed by atoms with Crippen LogP contribution in [0.15, 0.2) is 48.5 Å². The van der Waals surface area contributed by atoms with Crippen molar-refractivity contribution in [1.29, 1.82) is 0 Å². The van der Waals surface area contributed by atoms with Crippen LogP contribution in [-0.2, 0) is 47.4 Å². The number of aliphatic hydroxyl groups is 2. The van der Waals surface area contributed by atoms with Gasteiger partial charge in [0, 0.05) is 62.2 Å². The van der Waals surface area contributed by atoms with Gasteiger partial charge in [0.1, 0.15) is 31.0 Å². The van der Waals surface area contributed by atoms with Gasteiger partial charge in [-0.25, -0.2) is 43.2 Å². The van der Waals surface area contributed by atoms with E-state index in [0.717, 1.165) is 0 Å². The van der Waals surface area contributed by atoms with Crippen molar-refractivity contribution in [2.45, 2.75) is 61.2 Å². The smallest absolute Gasteiger partial charge is 0.342 e. The van der Waals surface area contributed by atoms with Crippen molar-refractivity contribution in [2.24, 2.45) is 0 Å². The fraction of sp³-hybridized carbons (Fsp3) is 0.160. The lowest BCUT2D eigenvalue weighted by molar-refractivity contribution is -0.284. The maximum atomic E-state index is 15.6. The van der Waals surface area contributed by atoms with Crippen molar-refractivity contribution in [3.63, 3.8) is 0 Å². The van der Waals surface area contributed by atoms with Gasteiger partial charge >= 0.3 is 53.7 Å². The number of aliphatic hydroxyl groups excluding tert-OH is 2. The third-order valence-corrected chi connectivity index (χ3v) is 20.3. The SMILES string of the molecule is O=C(OC1COC(=O)c2cc(O)c(O)c(O)c2-c2c(cc(O)c(O)c2O)C(=O)OC1C1OC(=O)c2cc(O)c(O)c(O)c2-c2c(O)c(O)c(O)c3c2C(=O)OC1C3O)c1cc(O)c(O)c(O)c1Oc1cc2c(c(O)c1O)-c1c(cc(O)c(O)c1O)C(=O)OCC1OC(O)C3OC(=O)c4cc(O)c(O)c(O)c4-c4c(cc(O)c(O)c4O)C(=O)OC3C1OC2=O. The van der Waals surface area contributed by atoms with Gasteiger partial charge in [0.25, 0.3) is 0 Å². The maximum absolute atomic E-state index is 15.6. The summed E-state index contributed by atoms with van der Waals surface area (Å²) in [6, 6.07) is 1.73. The highest BCUT2D eigenvalue weighted by molar-refractivity contribution is 6.14. The topological polar surface area (TPSA) is 822 Å². The summed E-state index contributed by atoms with van der Waals surface area (Å²) < 4.78 is 62.0. The molecule has 4 bridgehead atoms. The van der Waals surface area contributed by atoms with E-state index < -0.39 is 389 Å². The van der Waals surface area contributed by atoms with Gasteiger partial charge in [0.15, 0.2) is 153 Å². The lowest BCUT2D eigenvalue weighted by Gasteiger charge is -2.43. The molecule has 1 saturated heterocycles. The molecule has 28 N–H and O–H groups in total.